The molecule has 3 heterocycles. The smallest absolute Gasteiger partial charge is 0.398 e. The van der Waals surface area contributed by atoms with Crippen molar-refractivity contribution in [1.82, 2.24) is 29.8 Å². The number of anilines is 2. The molecule has 0 spiro atoms. The zero-order chi connectivity index (χ0) is 24.6. The minimum Gasteiger partial charge on any atom is -0.398 e. The Hall–Kier alpha value is -3.91. The molecule has 34 heavy (non-hydrogen) atoms. The van der Waals surface area contributed by atoms with Crippen molar-refractivity contribution < 1.29 is 18.0 Å². The first kappa shape index (κ1) is 23.3. The molecule has 0 radical (unpaired) electrons. The number of carbonyl (C=O) groups is 1. The van der Waals surface area contributed by atoms with E-state index in [-0.39, 0.29) is 22.0 Å². The van der Waals surface area contributed by atoms with Gasteiger partial charge in [-0.3, -0.25) is 9.93 Å². The Morgan fingerprint density at radius 2 is 1.85 bits per heavy atom. The molecular formula is C20H18F3N9OS. The molecule has 0 aliphatic heterocycles. The molecule has 14 heteroatoms. The molecule has 10 nitrogen and oxygen atoms in total. The highest BCUT2D eigenvalue weighted by atomic mass is 32.2. The van der Waals surface area contributed by atoms with Crippen LogP contribution in [0.5, 0.6) is 0 Å². The zero-order valence-corrected chi connectivity index (χ0v) is 18.6. The summed E-state index contributed by atoms with van der Waals surface area (Å²) in [7, 11) is 0. The van der Waals surface area contributed by atoms with Crippen LogP contribution in [0, 0.1) is 13.8 Å². The number of hydrogen-bond acceptors (Lipinski definition) is 8. The van der Waals surface area contributed by atoms with Crippen LogP contribution in [0.4, 0.5) is 24.5 Å². The fraction of sp³-hybridized carbons (Fsp3) is 0.150. The molecule has 4 rings (SSSR count). The number of nitrogens with two attached hydrogens (primary N) is 2. The van der Waals surface area contributed by atoms with E-state index in [0.717, 1.165) is 6.20 Å². The van der Waals surface area contributed by atoms with Crippen LogP contribution in [0.25, 0.3) is 11.5 Å². The molecule has 4 aromatic rings. The Morgan fingerprint density at radius 3 is 2.50 bits per heavy atom. The van der Waals surface area contributed by atoms with Crippen molar-refractivity contribution in [3.63, 3.8) is 0 Å². The van der Waals surface area contributed by atoms with Crippen LogP contribution in [-0.2, 0) is 6.18 Å². The predicted octanol–water partition coefficient (Wildman–Crippen LogP) is 3.28. The maximum atomic E-state index is 14.1. The van der Waals surface area contributed by atoms with Gasteiger partial charge >= 0.3 is 6.18 Å². The highest BCUT2D eigenvalue weighted by Gasteiger charge is 2.41. The first-order valence-electron chi connectivity index (χ1n) is 9.69. The van der Waals surface area contributed by atoms with Crippen molar-refractivity contribution in [2.24, 2.45) is 5.14 Å². The summed E-state index contributed by atoms with van der Waals surface area (Å²) in [6.45, 7) is 3.32. The average Bonchev–Trinajstić information content (AvgIpc) is 3.45. The number of alkyl halides is 3. The van der Waals surface area contributed by atoms with Gasteiger partial charge in [0.15, 0.2) is 11.5 Å². The molecule has 0 aliphatic rings. The average molecular weight is 489 g/mol. The number of aromatic nitrogens is 6. The molecule has 5 N–H and O–H groups in total. The van der Waals surface area contributed by atoms with E-state index in [1.807, 2.05) is 0 Å². The van der Waals surface area contributed by atoms with Gasteiger partial charge in [0, 0.05) is 5.69 Å². The highest BCUT2D eigenvalue weighted by Crippen LogP contribution is 2.37. The summed E-state index contributed by atoms with van der Waals surface area (Å²) in [5.74, 6) is -0.573. The molecule has 0 saturated carbocycles. The predicted molar refractivity (Wildman–Crippen MR) is 120 cm³/mol. The quantitative estimate of drug-likeness (QED) is 0.286. The minimum absolute atomic E-state index is 0.00337. The summed E-state index contributed by atoms with van der Waals surface area (Å²) >= 11 is 0.686. The van der Waals surface area contributed by atoms with Gasteiger partial charge in [0.2, 0.25) is 0 Å². The van der Waals surface area contributed by atoms with E-state index in [4.69, 9.17) is 10.9 Å². The number of rotatable bonds is 5. The first-order valence-corrected chi connectivity index (χ1v) is 10.6. The second kappa shape index (κ2) is 8.79. The van der Waals surface area contributed by atoms with E-state index in [9.17, 15) is 18.0 Å². The Balaban J connectivity index is 1.74. The standard InChI is InChI=1S/C20H18F3N9OS/c1-10-8-14(11(2)29-18(10)32-26-6-7-27-32)30-19(33)12-9-28-31(17(12)20(21,22)23)15-5-3-4-13(24)16(15)34-25/h3-9H,24-25H2,1-2H3,(H,30,33). The Labute approximate surface area is 195 Å². The molecule has 1 aromatic carbocycles. The summed E-state index contributed by atoms with van der Waals surface area (Å²) in [4.78, 5) is 18.8. The molecule has 0 fully saturated rings. The number of amides is 1. The third kappa shape index (κ3) is 4.20. The lowest BCUT2D eigenvalue weighted by atomic mass is 10.2. The van der Waals surface area contributed by atoms with Gasteiger partial charge in [-0.05, 0) is 49.6 Å². The number of nitrogens with zero attached hydrogens (tertiary/aromatic N) is 6. The summed E-state index contributed by atoms with van der Waals surface area (Å²) in [6.07, 6.45) is -1.08. The van der Waals surface area contributed by atoms with Crippen LogP contribution in [0.1, 0.15) is 27.3 Å². The van der Waals surface area contributed by atoms with Crippen LogP contribution in [0.3, 0.4) is 0 Å². The topological polar surface area (TPSA) is 143 Å². The van der Waals surface area contributed by atoms with Gasteiger partial charge in [0.25, 0.3) is 5.91 Å². The van der Waals surface area contributed by atoms with Crippen molar-refractivity contribution in [3.8, 4) is 11.5 Å². The second-order valence-electron chi connectivity index (χ2n) is 7.16. The molecule has 176 valence electrons. The van der Waals surface area contributed by atoms with Gasteiger partial charge in [0.05, 0.1) is 46.1 Å². The molecule has 0 unspecified atom stereocenters. The molecule has 0 atom stereocenters. The summed E-state index contributed by atoms with van der Waals surface area (Å²) in [5.41, 5.74) is 5.32. The van der Waals surface area contributed by atoms with Crippen LogP contribution in [-0.4, -0.2) is 35.7 Å². The third-order valence-electron chi connectivity index (χ3n) is 4.89. The summed E-state index contributed by atoms with van der Waals surface area (Å²) in [5, 5.41) is 20.0. The number of nitrogen functional groups attached to an aromatic ring is 1. The second-order valence-corrected chi connectivity index (χ2v) is 7.81. The molecule has 0 saturated heterocycles. The van der Waals surface area contributed by atoms with Crippen LogP contribution >= 0.6 is 11.9 Å². The first-order chi connectivity index (χ1) is 16.1. The van der Waals surface area contributed by atoms with Crippen molar-refractivity contribution in [2.75, 3.05) is 11.1 Å². The Morgan fingerprint density at radius 1 is 1.15 bits per heavy atom. The van der Waals surface area contributed by atoms with Gasteiger partial charge in [-0.25, -0.2) is 9.67 Å². The Bertz CT molecular complexity index is 1370. The third-order valence-corrected chi connectivity index (χ3v) is 5.57. The van der Waals surface area contributed by atoms with E-state index < -0.39 is 23.3 Å². The lowest BCUT2D eigenvalue weighted by Gasteiger charge is -2.16. The number of carbonyl (C=O) groups excluding carboxylic acids is 1. The number of benzene rings is 1. The normalized spacial score (nSPS) is 11.6. The Kier molecular flexibility index (Phi) is 6.01. The lowest BCUT2D eigenvalue weighted by Crippen LogP contribution is -2.21. The maximum Gasteiger partial charge on any atom is 0.434 e. The van der Waals surface area contributed by atoms with Gasteiger partial charge in [-0.15, -0.1) is 4.80 Å². The van der Waals surface area contributed by atoms with E-state index in [1.54, 1.807) is 19.9 Å². The zero-order valence-electron chi connectivity index (χ0n) is 17.8. The van der Waals surface area contributed by atoms with Crippen molar-refractivity contribution in [2.45, 2.75) is 24.9 Å². The minimum atomic E-state index is -4.90. The maximum absolute atomic E-state index is 14.1. The summed E-state index contributed by atoms with van der Waals surface area (Å²) < 4.78 is 42.8. The van der Waals surface area contributed by atoms with E-state index >= 15 is 0 Å². The van der Waals surface area contributed by atoms with Crippen molar-refractivity contribution in [3.05, 3.63) is 65.4 Å². The molecular weight excluding hydrogens is 471 g/mol. The number of pyridine rings is 1. The van der Waals surface area contributed by atoms with E-state index in [0.29, 0.717) is 33.7 Å². The fourth-order valence-electron chi connectivity index (χ4n) is 3.34. The van der Waals surface area contributed by atoms with Gasteiger partial charge in [-0.1, -0.05) is 6.07 Å². The molecule has 0 aliphatic carbocycles. The van der Waals surface area contributed by atoms with Crippen LogP contribution in [0.15, 0.2) is 47.8 Å². The van der Waals surface area contributed by atoms with Gasteiger partial charge < -0.3 is 11.1 Å². The summed E-state index contributed by atoms with van der Waals surface area (Å²) in [6, 6.07) is 5.94. The molecule has 1 amide bonds. The van der Waals surface area contributed by atoms with Crippen LogP contribution < -0.4 is 16.2 Å². The fourth-order valence-corrected chi connectivity index (χ4v) is 3.82. The lowest BCUT2D eigenvalue weighted by molar-refractivity contribution is -0.143. The molecule has 3 aromatic heterocycles. The van der Waals surface area contributed by atoms with Crippen LogP contribution in [0.2, 0.25) is 0 Å². The number of halogens is 3. The van der Waals surface area contributed by atoms with Gasteiger partial charge in [-0.2, -0.15) is 28.5 Å². The molecule has 0 bridgehead atoms. The van der Waals surface area contributed by atoms with Gasteiger partial charge in [0.1, 0.15) is 0 Å². The number of hydrogen-bond donors (Lipinski definition) is 3. The van der Waals surface area contributed by atoms with Crippen molar-refractivity contribution in [1.29, 1.82) is 0 Å². The number of aryl methyl sites for hydroxylation is 2. The SMILES string of the molecule is Cc1cc(NC(=O)c2cnn(-c3cccc(N)c3SN)c2C(F)(F)F)c(C)nc1-n1nccn1. The van der Waals surface area contributed by atoms with Crippen molar-refractivity contribution >= 4 is 29.2 Å². The highest BCUT2D eigenvalue weighted by molar-refractivity contribution is 7.97. The van der Waals surface area contributed by atoms with E-state index in [2.05, 4.69) is 25.6 Å². The number of nitrogens with one attached hydrogen (secondary N) is 1. The van der Waals surface area contributed by atoms with E-state index in [1.165, 1.54) is 35.4 Å². The largest absolute Gasteiger partial charge is 0.434 e. The monoisotopic (exact) mass is 489 g/mol.